The zero-order chi connectivity index (χ0) is 17.1. The number of benzene rings is 1. The van der Waals surface area contributed by atoms with E-state index in [4.69, 9.17) is 0 Å². The Kier molecular flexibility index (Phi) is 5.36. The average molecular weight is 391 g/mol. The SMILES string of the molecule is Cc1cc(C(=O)NC2CCN(Cc3ccc(Br)cc3)CC2)n(C)n1. The Balaban J connectivity index is 1.49. The third kappa shape index (κ3) is 4.24. The quantitative estimate of drug-likeness (QED) is 0.872. The fourth-order valence-electron chi connectivity index (χ4n) is 3.17. The monoisotopic (exact) mass is 390 g/mol. The fraction of sp³-hybridized carbons (Fsp3) is 0.444. The number of nitrogens with zero attached hydrogens (tertiary/aromatic N) is 3. The first-order valence-corrected chi connectivity index (χ1v) is 9.09. The van der Waals surface area contributed by atoms with Gasteiger partial charge in [0.05, 0.1) is 5.69 Å². The first kappa shape index (κ1) is 17.2. The summed E-state index contributed by atoms with van der Waals surface area (Å²) in [7, 11) is 1.81. The van der Waals surface area contributed by atoms with E-state index in [1.54, 1.807) is 4.68 Å². The van der Waals surface area contributed by atoms with Gasteiger partial charge in [-0.15, -0.1) is 0 Å². The molecule has 128 valence electrons. The highest BCUT2D eigenvalue weighted by Gasteiger charge is 2.22. The van der Waals surface area contributed by atoms with Crippen LogP contribution < -0.4 is 5.32 Å². The Hall–Kier alpha value is -1.66. The molecule has 1 aliphatic heterocycles. The summed E-state index contributed by atoms with van der Waals surface area (Å²) >= 11 is 3.47. The van der Waals surface area contributed by atoms with Gasteiger partial charge >= 0.3 is 0 Å². The number of amides is 1. The van der Waals surface area contributed by atoms with E-state index in [1.165, 1.54) is 5.56 Å². The summed E-state index contributed by atoms with van der Waals surface area (Å²) in [6.07, 6.45) is 1.97. The highest BCUT2D eigenvalue weighted by atomic mass is 79.9. The number of likely N-dealkylation sites (tertiary alicyclic amines) is 1. The predicted octanol–water partition coefficient (Wildman–Crippen LogP) is 2.89. The predicted molar refractivity (Wildman–Crippen MR) is 97.9 cm³/mol. The van der Waals surface area contributed by atoms with Crippen molar-refractivity contribution in [2.24, 2.45) is 7.05 Å². The first-order valence-electron chi connectivity index (χ1n) is 8.29. The van der Waals surface area contributed by atoms with Gasteiger partial charge in [-0.3, -0.25) is 14.4 Å². The minimum absolute atomic E-state index is 0.0236. The number of rotatable bonds is 4. The molecule has 1 aliphatic rings. The number of carbonyl (C=O) groups is 1. The van der Waals surface area contributed by atoms with Gasteiger partial charge in [-0.1, -0.05) is 28.1 Å². The summed E-state index contributed by atoms with van der Waals surface area (Å²) in [6, 6.07) is 10.5. The van der Waals surface area contributed by atoms with E-state index in [-0.39, 0.29) is 11.9 Å². The van der Waals surface area contributed by atoms with Gasteiger partial charge < -0.3 is 5.32 Å². The molecule has 6 heteroatoms. The molecule has 0 bridgehead atoms. The first-order chi connectivity index (χ1) is 11.5. The van der Waals surface area contributed by atoms with Gasteiger partial charge in [-0.2, -0.15) is 5.10 Å². The number of hydrogen-bond acceptors (Lipinski definition) is 3. The molecule has 0 aliphatic carbocycles. The molecule has 0 unspecified atom stereocenters. The Bertz CT molecular complexity index is 702. The molecule has 1 amide bonds. The van der Waals surface area contributed by atoms with Gasteiger partial charge in [0.15, 0.2) is 0 Å². The molecule has 2 heterocycles. The normalized spacial score (nSPS) is 16.3. The molecule has 1 saturated heterocycles. The molecule has 0 radical (unpaired) electrons. The summed E-state index contributed by atoms with van der Waals surface area (Å²) < 4.78 is 2.76. The summed E-state index contributed by atoms with van der Waals surface area (Å²) in [4.78, 5) is 14.8. The lowest BCUT2D eigenvalue weighted by molar-refractivity contribution is 0.0899. The van der Waals surface area contributed by atoms with Gasteiger partial charge in [0.25, 0.3) is 5.91 Å². The number of piperidine rings is 1. The van der Waals surface area contributed by atoms with E-state index in [9.17, 15) is 4.79 Å². The molecular weight excluding hydrogens is 368 g/mol. The maximum Gasteiger partial charge on any atom is 0.269 e. The van der Waals surface area contributed by atoms with Crippen molar-refractivity contribution in [3.8, 4) is 0 Å². The summed E-state index contributed by atoms with van der Waals surface area (Å²) in [5, 5.41) is 7.38. The maximum absolute atomic E-state index is 12.4. The molecule has 1 aromatic carbocycles. The highest BCUT2D eigenvalue weighted by Crippen LogP contribution is 2.16. The van der Waals surface area contributed by atoms with Crippen molar-refractivity contribution in [3.63, 3.8) is 0 Å². The van der Waals surface area contributed by atoms with E-state index in [2.05, 4.69) is 55.5 Å². The van der Waals surface area contributed by atoms with E-state index in [1.807, 2.05) is 20.0 Å². The fourth-order valence-corrected chi connectivity index (χ4v) is 3.43. The second-order valence-electron chi connectivity index (χ2n) is 6.44. The minimum Gasteiger partial charge on any atom is -0.348 e. The molecule has 1 aromatic heterocycles. The van der Waals surface area contributed by atoms with Crippen molar-refractivity contribution in [1.82, 2.24) is 20.0 Å². The van der Waals surface area contributed by atoms with E-state index in [0.717, 1.165) is 42.6 Å². The van der Waals surface area contributed by atoms with Gasteiger partial charge in [0.2, 0.25) is 0 Å². The number of aromatic nitrogens is 2. The highest BCUT2D eigenvalue weighted by molar-refractivity contribution is 9.10. The molecule has 1 N–H and O–H groups in total. The molecular formula is C18H23BrN4O. The molecule has 24 heavy (non-hydrogen) atoms. The second-order valence-corrected chi connectivity index (χ2v) is 7.36. The average Bonchev–Trinajstić information content (AvgIpc) is 2.90. The van der Waals surface area contributed by atoms with Crippen molar-refractivity contribution in [2.45, 2.75) is 32.4 Å². The van der Waals surface area contributed by atoms with Crippen LogP contribution in [0.4, 0.5) is 0 Å². The smallest absolute Gasteiger partial charge is 0.269 e. The van der Waals surface area contributed by atoms with Gasteiger partial charge in [0, 0.05) is 37.2 Å². The molecule has 3 rings (SSSR count). The van der Waals surface area contributed by atoms with Crippen LogP contribution in [0.5, 0.6) is 0 Å². The Morgan fingerprint density at radius 3 is 2.54 bits per heavy atom. The van der Waals surface area contributed by atoms with E-state index in [0.29, 0.717) is 5.69 Å². The standard InChI is InChI=1S/C18H23BrN4O/c1-13-11-17(22(2)21-13)18(24)20-16-7-9-23(10-8-16)12-14-3-5-15(19)6-4-14/h3-6,11,16H,7-10,12H2,1-2H3,(H,20,24). The Morgan fingerprint density at radius 1 is 1.29 bits per heavy atom. The van der Waals surface area contributed by atoms with Crippen LogP contribution in [-0.4, -0.2) is 39.7 Å². The molecule has 0 saturated carbocycles. The third-order valence-electron chi connectivity index (χ3n) is 4.48. The molecule has 1 fully saturated rings. The van der Waals surface area contributed by atoms with Crippen LogP contribution in [-0.2, 0) is 13.6 Å². The van der Waals surface area contributed by atoms with Crippen molar-refractivity contribution in [3.05, 3.63) is 51.8 Å². The summed E-state index contributed by atoms with van der Waals surface area (Å²) in [5.41, 5.74) is 2.82. The summed E-state index contributed by atoms with van der Waals surface area (Å²) in [6.45, 7) is 4.88. The van der Waals surface area contributed by atoms with Gasteiger partial charge in [-0.25, -0.2) is 0 Å². The number of hydrogen-bond donors (Lipinski definition) is 1. The van der Waals surface area contributed by atoms with Gasteiger partial charge in [-0.05, 0) is 43.5 Å². The minimum atomic E-state index is -0.0236. The topological polar surface area (TPSA) is 50.2 Å². The van der Waals surface area contributed by atoms with Crippen LogP contribution in [0.25, 0.3) is 0 Å². The van der Waals surface area contributed by atoms with Crippen LogP contribution >= 0.6 is 15.9 Å². The van der Waals surface area contributed by atoms with Crippen molar-refractivity contribution < 1.29 is 4.79 Å². The maximum atomic E-state index is 12.4. The van der Waals surface area contributed by atoms with E-state index < -0.39 is 0 Å². The lowest BCUT2D eigenvalue weighted by atomic mass is 10.0. The summed E-state index contributed by atoms with van der Waals surface area (Å²) in [5.74, 6) is -0.0236. The Labute approximate surface area is 151 Å². The van der Waals surface area contributed by atoms with Crippen LogP contribution in [0, 0.1) is 6.92 Å². The van der Waals surface area contributed by atoms with Gasteiger partial charge in [0.1, 0.15) is 5.69 Å². The molecule has 5 nitrogen and oxygen atoms in total. The lowest BCUT2D eigenvalue weighted by Crippen LogP contribution is -2.44. The zero-order valence-electron chi connectivity index (χ0n) is 14.1. The number of aryl methyl sites for hydroxylation is 2. The molecule has 2 aromatic rings. The third-order valence-corrected chi connectivity index (χ3v) is 5.01. The number of carbonyl (C=O) groups excluding carboxylic acids is 1. The zero-order valence-corrected chi connectivity index (χ0v) is 15.7. The lowest BCUT2D eigenvalue weighted by Gasteiger charge is -2.32. The van der Waals surface area contributed by atoms with Crippen LogP contribution in [0.2, 0.25) is 0 Å². The number of halogens is 1. The molecule has 0 atom stereocenters. The largest absolute Gasteiger partial charge is 0.348 e. The van der Waals surface area contributed by atoms with Crippen molar-refractivity contribution in [2.75, 3.05) is 13.1 Å². The molecule has 0 spiro atoms. The van der Waals surface area contributed by atoms with Crippen molar-refractivity contribution >= 4 is 21.8 Å². The van der Waals surface area contributed by atoms with Crippen LogP contribution in [0.15, 0.2) is 34.8 Å². The number of nitrogens with one attached hydrogen (secondary N) is 1. The van der Waals surface area contributed by atoms with E-state index >= 15 is 0 Å². The van der Waals surface area contributed by atoms with Crippen LogP contribution in [0.1, 0.15) is 34.6 Å². The van der Waals surface area contributed by atoms with Crippen LogP contribution in [0.3, 0.4) is 0 Å². The second kappa shape index (κ2) is 7.49. The Morgan fingerprint density at radius 2 is 1.96 bits per heavy atom. The van der Waals surface area contributed by atoms with Crippen molar-refractivity contribution in [1.29, 1.82) is 0 Å².